The summed E-state index contributed by atoms with van der Waals surface area (Å²) in [4.78, 5) is 0. The monoisotopic (exact) mass is 298 g/mol. The molecule has 0 amide bonds. The second-order valence-corrected chi connectivity index (χ2v) is 7.44. The summed E-state index contributed by atoms with van der Waals surface area (Å²) in [5.41, 5.74) is -1.24. The zero-order valence-corrected chi connectivity index (χ0v) is 13.8. The molecule has 1 unspecified atom stereocenters. The first-order valence-corrected chi connectivity index (χ1v) is 7.35. The Hall–Kier alpha value is -0.980. The van der Waals surface area contributed by atoms with E-state index in [1.807, 2.05) is 27.7 Å². The molecule has 120 valence electrons. The summed E-state index contributed by atoms with van der Waals surface area (Å²) < 4.78 is 17.1. The Balaban J connectivity index is 2.26. The van der Waals surface area contributed by atoms with E-state index in [4.69, 9.17) is 13.9 Å². The molecule has 0 radical (unpaired) electrons. The Morgan fingerprint density at radius 3 is 2.14 bits per heavy atom. The summed E-state index contributed by atoms with van der Waals surface area (Å²) in [6, 6.07) is 0. The summed E-state index contributed by atoms with van der Waals surface area (Å²) in [5, 5.41) is 18.7. The maximum absolute atomic E-state index is 10.5. The lowest BCUT2D eigenvalue weighted by Crippen LogP contribution is -2.37. The topological polar surface area (TPSA) is 77.6 Å². The van der Waals surface area contributed by atoms with Crippen LogP contribution in [0.2, 0.25) is 0 Å². The third kappa shape index (κ3) is 3.81. The van der Waals surface area contributed by atoms with Gasteiger partial charge in [0.05, 0.1) is 24.7 Å². The van der Waals surface area contributed by atoms with Gasteiger partial charge in [0.2, 0.25) is 11.8 Å². The van der Waals surface area contributed by atoms with Crippen LogP contribution in [0.1, 0.15) is 65.7 Å². The van der Waals surface area contributed by atoms with Crippen molar-refractivity contribution in [1.29, 1.82) is 0 Å². The number of aliphatic hydroxyl groups is 1. The average Bonchev–Trinajstić information content (AvgIpc) is 2.92. The van der Waals surface area contributed by atoms with E-state index in [1.165, 1.54) is 0 Å². The highest BCUT2D eigenvalue weighted by Crippen LogP contribution is 2.38. The van der Waals surface area contributed by atoms with E-state index in [2.05, 4.69) is 10.2 Å². The van der Waals surface area contributed by atoms with Crippen LogP contribution in [0.5, 0.6) is 0 Å². The van der Waals surface area contributed by atoms with Crippen LogP contribution in [-0.4, -0.2) is 39.9 Å². The van der Waals surface area contributed by atoms with Gasteiger partial charge in [0.15, 0.2) is 5.79 Å². The maximum Gasteiger partial charge on any atom is 0.222 e. The molecule has 0 saturated carbocycles. The van der Waals surface area contributed by atoms with Gasteiger partial charge in [0.25, 0.3) is 0 Å². The van der Waals surface area contributed by atoms with Crippen molar-refractivity contribution in [3.8, 4) is 0 Å². The molecule has 6 heteroatoms. The minimum Gasteiger partial charge on any atom is -0.424 e. The Morgan fingerprint density at radius 2 is 1.71 bits per heavy atom. The van der Waals surface area contributed by atoms with Crippen molar-refractivity contribution >= 4 is 0 Å². The van der Waals surface area contributed by atoms with Crippen molar-refractivity contribution in [1.82, 2.24) is 10.2 Å². The lowest BCUT2D eigenvalue weighted by Gasteiger charge is -2.32. The van der Waals surface area contributed by atoms with Gasteiger partial charge in [0.1, 0.15) is 0 Å². The average molecular weight is 298 g/mol. The first-order chi connectivity index (χ1) is 9.51. The molecule has 1 aliphatic rings. The number of rotatable bonds is 4. The van der Waals surface area contributed by atoms with E-state index in [-0.39, 0.29) is 11.3 Å². The molecule has 1 N–H and O–H groups in total. The van der Waals surface area contributed by atoms with E-state index < -0.39 is 11.4 Å². The number of hydrogen-bond acceptors (Lipinski definition) is 6. The quantitative estimate of drug-likeness (QED) is 0.919. The smallest absolute Gasteiger partial charge is 0.222 e. The van der Waals surface area contributed by atoms with Crippen LogP contribution in [0.3, 0.4) is 0 Å². The van der Waals surface area contributed by atoms with E-state index >= 15 is 0 Å². The molecule has 2 heterocycles. The Bertz CT molecular complexity index is 479. The molecule has 0 aromatic carbocycles. The van der Waals surface area contributed by atoms with Crippen molar-refractivity contribution in [2.45, 2.75) is 70.7 Å². The summed E-state index contributed by atoms with van der Waals surface area (Å²) in [7, 11) is 0. The predicted octanol–water partition coefficient (Wildman–Crippen LogP) is 2.37. The first-order valence-electron chi connectivity index (χ1n) is 7.35. The SMILES string of the molecule is CC1(CC(c2nnc(C(C)(C)C)o2)C(C)(C)O)OCCO1. The van der Waals surface area contributed by atoms with Crippen LogP contribution in [0.4, 0.5) is 0 Å². The highest BCUT2D eigenvalue weighted by molar-refractivity contribution is 5.05. The van der Waals surface area contributed by atoms with Gasteiger partial charge in [-0.25, -0.2) is 0 Å². The molecule has 21 heavy (non-hydrogen) atoms. The molecule has 1 atom stereocenters. The minimum absolute atomic E-state index is 0.223. The number of nitrogens with zero attached hydrogens (tertiary/aromatic N) is 2. The fourth-order valence-electron chi connectivity index (χ4n) is 2.36. The fraction of sp³-hybridized carbons (Fsp3) is 0.867. The lowest BCUT2D eigenvalue weighted by atomic mass is 9.85. The number of aromatic nitrogens is 2. The van der Waals surface area contributed by atoms with Gasteiger partial charge in [-0.1, -0.05) is 20.8 Å². The fourth-order valence-corrected chi connectivity index (χ4v) is 2.36. The van der Waals surface area contributed by atoms with Gasteiger partial charge in [-0.05, 0) is 20.8 Å². The molecule has 1 fully saturated rings. The van der Waals surface area contributed by atoms with E-state index in [1.54, 1.807) is 13.8 Å². The van der Waals surface area contributed by atoms with Gasteiger partial charge in [-0.3, -0.25) is 0 Å². The molecule has 1 aromatic rings. The highest BCUT2D eigenvalue weighted by Gasteiger charge is 2.42. The lowest BCUT2D eigenvalue weighted by molar-refractivity contribution is -0.161. The second-order valence-electron chi connectivity index (χ2n) is 7.44. The molecule has 1 saturated heterocycles. The summed E-state index contributed by atoms with van der Waals surface area (Å²) >= 11 is 0. The third-order valence-corrected chi connectivity index (χ3v) is 3.71. The van der Waals surface area contributed by atoms with Gasteiger partial charge in [-0.15, -0.1) is 10.2 Å². The van der Waals surface area contributed by atoms with Crippen molar-refractivity contribution in [2.24, 2.45) is 0 Å². The van der Waals surface area contributed by atoms with Crippen molar-refractivity contribution < 1.29 is 19.0 Å². The zero-order chi connectivity index (χ0) is 15.9. The summed E-state index contributed by atoms with van der Waals surface area (Å²) in [5.74, 6) is -0.0942. The first kappa shape index (κ1) is 16.4. The summed E-state index contributed by atoms with van der Waals surface area (Å²) in [6.45, 7) is 12.5. The molecule has 6 nitrogen and oxygen atoms in total. The molecule has 2 rings (SSSR count). The van der Waals surface area contributed by atoms with Crippen molar-refractivity contribution in [3.63, 3.8) is 0 Å². The largest absolute Gasteiger partial charge is 0.424 e. The second kappa shape index (κ2) is 5.34. The van der Waals surface area contributed by atoms with Crippen LogP contribution in [0.15, 0.2) is 4.42 Å². The van der Waals surface area contributed by atoms with Crippen molar-refractivity contribution in [3.05, 3.63) is 11.8 Å². The predicted molar refractivity (Wildman–Crippen MR) is 77.0 cm³/mol. The Morgan fingerprint density at radius 1 is 1.14 bits per heavy atom. The highest BCUT2D eigenvalue weighted by atomic mass is 16.7. The van der Waals surface area contributed by atoms with Crippen LogP contribution >= 0.6 is 0 Å². The third-order valence-electron chi connectivity index (χ3n) is 3.71. The van der Waals surface area contributed by atoms with Crippen LogP contribution in [0, 0.1) is 0 Å². The molecule has 0 bridgehead atoms. The van der Waals surface area contributed by atoms with Crippen LogP contribution < -0.4 is 0 Å². The van der Waals surface area contributed by atoms with E-state index in [0.717, 1.165) is 0 Å². The molecular weight excluding hydrogens is 272 g/mol. The van der Waals surface area contributed by atoms with Crippen molar-refractivity contribution in [2.75, 3.05) is 13.2 Å². The van der Waals surface area contributed by atoms with Crippen LogP contribution in [-0.2, 0) is 14.9 Å². The maximum atomic E-state index is 10.5. The number of hydrogen-bond donors (Lipinski definition) is 1. The molecule has 1 aliphatic heterocycles. The van der Waals surface area contributed by atoms with Gasteiger partial charge in [-0.2, -0.15) is 0 Å². The Kier molecular flexibility index (Phi) is 4.17. The van der Waals surface area contributed by atoms with Crippen LogP contribution in [0.25, 0.3) is 0 Å². The normalized spacial score (nSPS) is 20.7. The minimum atomic E-state index is -1.01. The summed E-state index contributed by atoms with van der Waals surface area (Å²) in [6.07, 6.45) is 0.461. The molecule has 0 aliphatic carbocycles. The Labute approximate surface area is 125 Å². The van der Waals surface area contributed by atoms with Gasteiger partial charge < -0.3 is 19.0 Å². The van der Waals surface area contributed by atoms with Gasteiger partial charge in [0, 0.05) is 11.8 Å². The molecule has 1 aromatic heterocycles. The van der Waals surface area contributed by atoms with E-state index in [0.29, 0.717) is 31.4 Å². The van der Waals surface area contributed by atoms with Gasteiger partial charge >= 0.3 is 0 Å². The zero-order valence-electron chi connectivity index (χ0n) is 13.8. The molecular formula is C15H26N2O4. The number of ether oxygens (including phenoxy) is 2. The van der Waals surface area contributed by atoms with E-state index in [9.17, 15) is 5.11 Å². The standard InChI is InChI=1S/C15H26N2O4/c1-13(2,3)12-17-16-11(21-12)10(14(4,5)18)9-15(6)19-7-8-20-15/h10,18H,7-9H2,1-6H3. The molecule has 0 spiro atoms.